The third-order valence-corrected chi connectivity index (χ3v) is 6.46. The summed E-state index contributed by atoms with van der Waals surface area (Å²) in [6.07, 6.45) is -3.84. The lowest BCUT2D eigenvalue weighted by Gasteiger charge is -2.38. The van der Waals surface area contributed by atoms with E-state index in [1.807, 2.05) is 6.07 Å². The summed E-state index contributed by atoms with van der Waals surface area (Å²) in [5, 5.41) is 13.3. The molecule has 1 aromatic heterocycles. The zero-order valence-corrected chi connectivity index (χ0v) is 19.8. The molecule has 4 saturated heterocycles. The maximum atomic E-state index is 12.8. The van der Waals surface area contributed by atoms with Crippen molar-refractivity contribution < 1.29 is 46.9 Å². The number of alkyl carbamates (subject to hydrolysis) is 2. The number of carbonyl (C=O) groups excluding carboxylic acids is 3. The molecule has 5 rings (SSSR count). The molecule has 3 N–H and O–H groups in total. The van der Waals surface area contributed by atoms with Gasteiger partial charge in [-0.05, 0) is 18.1 Å². The van der Waals surface area contributed by atoms with Crippen molar-refractivity contribution in [2.24, 2.45) is 5.92 Å². The molecule has 0 saturated carbocycles. The van der Waals surface area contributed by atoms with E-state index in [9.17, 15) is 27.6 Å². The Hall–Kier alpha value is -3.49. The summed E-state index contributed by atoms with van der Waals surface area (Å²) in [5.74, 6) is -0.656. The number of nitrogens with one attached hydrogen (secondary N) is 2. The second-order valence-electron chi connectivity index (χ2n) is 9.16. The normalized spacial score (nSPS) is 25.4. The van der Waals surface area contributed by atoms with Gasteiger partial charge in [-0.15, -0.1) is 0 Å². The molecule has 4 aliphatic rings. The Morgan fingerprint density at radius 1 is 1.11 bits per heavy atom. The number of rotatable bonds is 5. The number of amides is 3. The molecule has 3 atom stereocenters. The Balaban J connectivity index is 0.000000342. The van der Waals surface area contributed by atoms with E-state index < -0.39 is 30.4 Å². The highest BCUT2D eigenvalue weighted by atomic mass is 19.4. The number of carbonyl (C=O) groups is 3. The number of hydrogen-bond acceptors (Lipinski definition) is 9. The highest BCUT2D eigenvalue weighted by Gasteiger charge is 2.44. The molecule has 0 bridgehead atoms. The maximum Gasteiger partial charge on any atom is 0.409 e. The van der Waals surface area contributed by atoms with Gasteiger partial charge in [0.25, 0.3) is 0 Å². The van der Waals surface area contributed by atoms with Gasteiger partial charge in [0.2, 0.25) is 0 Å². The lowest BCUT2D eigenvalue weighted by molar-refractivity contribution is -0.168. The van der Waals surface area contributed by atoms with Gasteiger partial charge in [0.1, 0.15) is 31.7 Å². The second kappa shape index (κ2) is 11.3. The summed E-state index contributed by atoms with van der Waals surface area (Å²) in [4.78, 5) is 40.6. The van der Waals surface area contributed by atoms with Gasteiger partial charge in [0.15, 0.2) is 0 Å². The van der Waals surface area contributed by atoms with Crippen LogP contribution in [0, 0.1) is 5.92 Å². The SMILES string of the molecule is O=C1N[C@H](CO)CO1.O=C1N[C@H](COC(=O)N2CC(c3ccc(N4CCC(C(F)(F)F)C4)nc3)C2)CO1. The number of pyridine rings is 1. The molecule has 3 amide bonds. The summed E-state index contributed by atoms with van der Waals surface area (Å²) in [6, 6.07) is 3.06. The van der Waals surface area contributed by atoms with E-state index in [2.05, 4.69) is 20.4 Å². The number of anilines is 1. The summed E-state index contributed by atoms with van der Waals surface area (Å²) >= 11 is 0. The first-order valence-corrected chi connectivity index (χ1v) is 11.8. The van der Waals surface area contributed by atoms with Gasteiger partial charge in [-0.1, -0.05) is 6.07 Å². The third kappa shape index (κ3) is 6.84. The highest BCUT2D eigenvalue weighted by molar-refractivity contribution is 5.71. The van der Waals surface area contributed by atoms with E-state index in [0.29, 0.717) is 25.5 Å². The predicted molar refractivity (Wildman–Crippen MR) is 120 cm³/mol. The Kier molecular flexibility index (Phi) is 8.10. The van der Waals surface area contributed by atoms with Crippen molar-refractivity contribution >= 4 is 24.1 Å². The predicted octanol–water partition coefficient (Wildman–Crippen LogP) is 1.20. The number of aliphatic hydroxyl groups is 1. The minimum atomic E-state index is -4.17. The quantitative estimate of drug-likeness (QED) is 0.478. The molecule has 5 heterocycles. The molecule has 37 heavy (non-hydrogen) atoms. The smallest absolute Gasteiger partial charge is 0.409 e. The van der Waals surface area contributed by atoms with Crippen LogP contribution < -0.4 is 15.5 Å². The molecule has 12 nitrogen and oxygen atoms in total. The molecule has 0 radical (unpaired) electrons. The number of aliphatic hydroxyl groups excluding tert-OH is 1. The molecule has 15 heteroatoms. The van der Waals surface area contributed by atoms with Crippen LogP contribution in [0.2, 0.25) is 0 Å². The lowest BCUT2D eigenvalue weighted by Crippen LogP contribution is -2.49. The molecule has 204 valence electrons. The number of aromatic nitrogens is 1. The monoisotopic (exact) mass is 531 g/mol. The van der Waals surface area contributed by atoms with Crippen LogP contribution in [0.4, 0.5) is 33.4 Å². The summed E-state index contributed by atoms with van der Waals surface area (Å²) in [7, 11) is 0. The Morgan fingerprint density at radius 2 is 1.78 bits per heavy atom. The van der Waals surface area contributed by atoms with E-state index in [1.54, 1.807) is 22.1 Å². The van der Waals surface area contributed by atoms with Crippen LogP contribution in [0.25, 0.3) is 0 Å². The van der Waals surface area contributed by atoms with E-state index >= 15 is 0 Å². The van der Waals surface area contributed by atoms with Crippen LogP contribution in [0.1, 0.15) is 17.9 Å². The van der Waals surface area contributed by atoms with E-state index in [1.165, 1.54) is 0 Å². The first kappa shape index (κ1) is 26.6. The average molecular weight is 531 g/mol. The third-order valence-electron chi connectivity index (χ3n) is 6.46. The molecule has 0 spiro atoms. The van der Waals surface area contributed by atoms with Gasteiger partial charge in [0.05, 0.1) is 18.6 Å². The molecule has 0 aliphatic carbocycles. The van der Waals surface area contributed by atoms with Crippen molar-refractivity contribution in [2.45, 2.75) is 30.6 Å². The summed E-state index contributed by atoms with van der Waals surface area (Å²) < 4.78 is 52.8. The summed E-state index contributed by atoms with van der Waals surface area (Å²) in [6.45, 7) is 1.70. The number of ether oxygens (including phenoxy) is 3. The number of cyclic esters (lactones) is 2. The van der Waals surface area contributed by atoms with Gasteiger partial charge in [-0.25, -0.2) is 19.4 Å². The fourth-order valence-electron chi connectivity index (χ4n) is 4.20. The molecule has 4 aliphatic heterocycles. The molecular formula is C22H28F3N5O7. The number of hydrogen-bond donors (Lipinski definition) is 3. The number of nitrogens with zero attached hydrogens (tertiary/aromatic N) is 3. The van der Waals surface area contributed by atoms with E-state index in [4.69, 9.17) is 14.6 Å². The van der Waals surface area contributed by atoms with Gasteiger partial charge < -0.3 is 39.8 Å². The van der Waals surface area contributed by atoms with Crippen LogP contribution in [0.3, 0.4) is 0 Å². The first-order chi connectivity index (χ1) is 17.6. The topological polar surface area (TPSA) is 143 Å². The molecule has 1 aromatic rings. The maximum absolute atomic E-state index is 12.8. The van der Waals surface area contributed by atoms with Crippen LogP contribution in [0.15, 0.2) is 18.3 Å². The van der Waals surface area contributed by atoms with E-state index in [-0.39, 0.29) is 57.4 Å². The van der Waals surface area contributed by atoms with Crippen LogP contribution in [0.5, 0.6) is 0 Å². The first-order valence-electron chi connectivity index (χ1n) is 11.8. The zero-order valence-electron chi connectivity index (χ0n) is 19.8. The molecular weight excluding hydrogens is 503 g/mol. The standard InChI is InChI=1S/C18H21F3N4O4.C4H7NO3/c19-18(20,21)13-3-4-24(8-13)15-2-1-11(5-22-15)12-6-25(7-12)17(27)29-10-14-9-28-16(26)23-14;6-1-3-2-8-4(7)5-3/h1-2,5,12-14H,3-4,6-10H2,(H,23,26);3,6H,1-2H2,(H,5,7)/t13?,14-;3-/m01/s1. The fraction of sp³-hybridized carbons (Fsp3) is 0.636. The number of likely N-dealkylation sites (tertiary alicyclic amines) is 1. The zero-order chi connectivity index (χ0) is 26.6. The Bertz CT molecular complexity index is 974. The number of halogens is 3. The van der Waals surface area contributed by atoms with E-state index in [0.717, 1.165) is 5.56 Å². The van der Waals surface area contributed by atoms with Crippen molar-refractivity contribution in [1.29, 1.82) is 0 Å². The fourth-order valence-corrected chi connectivity index (χ4v) is 4.20. The van der Waals surface area contributed by atoms with Crippen molar-refractivity contribution in [3.63, 3.8) is 0 Å². The van der Waals surface area contributed by atoms with Crippen molar-refractivity contribution in [3.8, 4) is 0 Å². The van der Waals surface area contributed by atoms with Gasteiger partial charge in [-0.3, -0.25) is 0 Å². The van der Waals surface area contributed by atoms with Crippen LogP contribution in [-0.4, -0.2) is 104 Å². The molecule has 1 unspecified atom stereocenters. The highest BCUT2D eigenvalue weighted by Crippen LogP contribution is 2.35. The van der Waals surface area contributed by atoms with Crippen LogP contribution in [-0.2, 0) is 14.2 Å². The van der Waals surface area contributed by atoms with Gasteiger partial charge in [-0.2, -0.15) is 13.2 Å². The molecule has 0 aromatic carbocycles. The Morgan fingerprint density at radius 3 is 2.27 bits per heavy atom. The average Bonchev–Trinajstić information content (AvgIpc) is 3.58. The number of alkyl halides is 3. The van der Waals surface area contributed by atoms with Crippen molar-refractivity contribution in [3.05, 3.63) is 23.9 Å². The Labute approximate surface area is 210 Å². The minimum Gasteiger partial charge on any atom is -0.447 e. The lowest BCUT2D eigenvalue weighted by atomic mass is 9.93. The second-order valence-corrected chi connectivity index (χ2v) is 9.16. The van der Waals surface area contributed by atoms with Crippen LogP contribution >= 0.6 is 0 Å². The summed E-state index contributed by atoms with van der Waals surface area (Å²) in [5.41, 5.74) is 0.931. The van der Waals surface area contributed by atoms with Crippen molar-refractivity contribution in [2.75, 3.05) is 57.5 Å². The van der Waals surface area contributed by atoms with Gasteiger partial charge in [0, 0.05) is 38.3 Å². The molecule has 4 fully saturated rings. The van der Waals surface area contributed by atoms with Gasteiger partial charge >= 0.3 is 24.5 Å². The van der Waals surface area contributed by atoms with Crippen molar-refractivity contribution in [1.82, 2.24) is 20.5 Å². The largest absolute Gasteiger partial charge is 0.447 e. The minimum absolute atomic E-state index is 0.0499.